The maximum absolute atomic E-state index is 13.1. The zero-order valence-electron chi connectivity index (χ0n) is 17.3. The van der Waals surface area contributed by atoms with E-state index in [1.165, 1.54) is 28.1 Å². The molecule has 0 spiro atoms. The van der Waals surface area contributed by atoms with E-state index in [0.29, 0.717) is 25.4 Å². The zero-order valence-corrected chi connectivity index (χ0v) is 18.9. The number of benzene rings is 2. The molecule has 0 aromatic heterocycles. The summed E-state index contributed by atoms with van der Waals surface area (Å²) in [6, 6.07) is 12.7. The first kappa shape index (κ1) is 19.2. The van der Waals surface area contributed by atoms with Crippen LogP contribution in [0.25, 0.3) is 5.70 Å². The average Bonchev–Trinajstić information content (AvgIpc) is 3.02. The monoisotopic (exact) mass is 477 g/mol. The molecule has 0 radical (unpaired) electrons. The number of Topliss-reactive ketones (excluding diaryl/α,β-unsaturated/α-hetero) is 1. The van der Waals surface area contributed by atoms with E-state index in [1.807, 2.05) is 0 Å². The summed E-state index contributed by atoms with van der Waals surface area (Å²) < 4.78 is 13.0. The van der Waals surface area contributed by atoms with E-state index in [2.05, 4.69) is 63.3 Å². The first-order valence-electron chi connectivity index (χ1n) is 11.1. The third kappa shape index (κ3) is 3.21. The van der Waals surface area contributed by atoms with E-state index in [4.69, 9.17) is 9.47 Å². The van der Waals surface area contributed by atoms with E-state index in [0.717, 1.165) is 53.8 Å². The third-order valence-electron chi connectivity index (χ3n) is 6.76. The standard InChI is InChI=1S/C26H24BrNO3/c27-18-7-5-16(6-8-18)20-14-22-19-15-25-24(30-11-2-12-31-25)13-17(19)9-10-28(22)21-3-1-4-23(29)26(20)21/h5-8,13-15,20H,1-4,9-12H2/t20-/m0/s1. The number of carbonyl (C=O) groups excluding carboxylic acids is 1. The smallest absolute Gasteiger partial charge is 0.161 e. The Hall–Kier alpha value is -2.53. The summed E-state index contributed by atoms with van der Waals surface area (Å²) in [5, 5.41) is 0. The van der Waals surface area contributed by atoms with Gasteiger partial charge >= 0.3 is 0 Å². The molecule has 0 amide bonds. The summed E-state index contributed by atoms with van der Waals surface area (Å²) in [6.45, 7) is 2.28. The van der Waals surface area contributed by atoms with Gasteiger partial charge in [0.05, 0.1) is 13.2 Å². The molecule has 3 heterocycles. The van der Waals surface area contributed by atoms with Crippen molar-refractivity contribution in [1.29, 1.82) is 0 Å². The lowest BCUT2D eigenvalue weighted by molar-refractivity contribution is -0.116. The lowest BCUT2D eigenvalue weighted by Gasteiger charge is -2.43. The maximum Gasteiger partial charge on any atom is 0.161 e. The van der Waals surface area contributed by atoms with Gasteiger partial charge in [-0.05, 0) is 60.7 Å². The van der Waals surface area contributed by atoms with Crippen molar-refractivity contribution < 1.29 is 14.3 Å². The van der Waals surface area contributed by atoms with Crippen LogP contribution >= 0.6 is 15.9 Å². The average molecular weight is 478 g/mol. The molecule has 4 nitrogen and oxygen atoms in total. The Balaban J connectivity index is 1.51. The first-order chi connectivity index (χ1) is 15.2. The van der Waals surface area contributed by atoms with E-state index in [-0.39, 0.29) is 5.92 Å². The highest BCUT2D eigenvalue weighted by atomic mass is 79.9. The second-order valence-corrected chi connectivity index (χ2v) is 9.54. The van der Waals surface area contributed by atoms with Crippen molar-refractivity contribution in [3.8, 4) is 11.5 Å². The Morgan fingerprint density at radius 3 is 2.52 bits per heavy atom. The van der Waals surface area contributed by atoms with Crippen LogP contribution in [-0.4, -0.2) is 30.4 Å². The highest BCUT2D eigenvalue weighted by molar-refractivity contribution is 9.10. The molecule has 0 fully saturated rings. The topological polar surface area (TPSA) is 38.8 Å². The van der Waals surface area contributed by atoms with Crippen molar-refractivity contribution in [2.75, 3.05) is 19.8 Å². The molecule has 0 unspecified atom stereocenters. The van der Waals surface area contributed by atoms with Crippen LogP contribution in [0.2, 0.25) is 0 Å². The van der Waals surface area contributed by atoms with Gasteiger partial charge in [-0.3, -0.25) is 4.79 Å². The van der Waals surface area contributed by atoms with Crippen molar-refractivity contribution in [2.45, 2.75) is 38.0 Å². The Bertz CT molecular complexity index is 1130. The molecule has 6 rings (SSSR count). The molecule has 3 aliphatic heterocycles. The molecule has 0 saturated carbocycles. The number of fused-ring (bicyclic) bond motifs is 5. The lowest BCUT2D eigenvalue weighted by Crippen LogP contribution is -2.36. The van der Waals surface area contributed by atoms with Gasteiger partial charge in [-0.2, -0.15) is 0 Å². The van der Waals surface area contributed by atoms with E-state index >= 15 is 0 Å². The number of hydrogen-bond donors (Lipinski definition) is 0. The van der Waals surface area contributed by atoms with Crippen LogP contribution in [0.5, 0.6) is 11.5 Å². The Morgan fingerprint density at radius 2 is 1.71 bits per heavy atom. The number of ether oxygens (including phenoxy) is 2. The number of carbonyl (C=O) groups is 1. The van der Waals surface area contributed by atoms with Crippen molar-refractivity contribution in [3.05, 3.63) is 74.9 Å². The van der Waals surface area contributed by atoms with Crippen LogP contribution in [0.3, 0.4) is 0 Å². The van der Waals surface area contributed by atoms with Crippen molar-refractivity contribution in [3.63, 3.8) is 0 Å². The predicted octanol–water partition coefficient (Wildman–Crippen LogP) is 5.61. The molecule has 158 valence electrons. The molecule has 5 heteroatoms. The fourth-order valence-electron chi connectivity index (χ4n) is 5.31. The number of hydrogen-bond acceptors (Lipinski definition) is 4. The van der Waals surface area contributed by atoms with Gasteiger partial charge in [0.1, 0.15) is 0 Å². The molecule has 2 aromatic rings. The number of rotatable bonds is 1. The summed E-state index contributed by atoms with van der Waals surface area (Å²) in [5.74, 6) is 1.98. The quantitative estimate of drug-likeness (QED) is 0.534. The summed E-state index contributed by atoms with van der Waals surface area (Å²) in [7, 11) is 0. The zero-order chi connectivity index (χ0) is 20.9. The highest BCUT2D eigenvalue weighted by Crippen LogP contribution is 2.48. The largest absolute Gasteiger partial charge is 0.490 e. The molecule has 0 saturated heterocycles. The Kier molecular flexibility index (Phi) is 4.67. The van der Waals surface area contributed by atoms with Gasteiger partial charge < -0.3 is 14.4 Å². The summed E-state index contributed by atoms with van der Waals surface area (Å²) in [4.78, 5) is 15.5. The van der Waals surface area contributed by atoms with Crippen LogP contribution in [0.1, 0.15) is 48.3 Å². The van der Waals surface area contributed by atoms with E-state index < -0.39 is 0 Å². The van der Waals surface area contributed by atoms with Crippen molar-refractivity contribution >= 4 is 27.4 Å². The van der Waals surface area contributed by atoms with Crippen molar-refractivity contribution in [1.82, 2.24) is 4.90 Å². The molecule has 0 bridgehead atoms. The third-order valence-corrected chi connectivity index (χ3v) is 7.29. The van der Waals surface area contributed by atoms with E-state index in [1.54, 1.807) is 0 Å². The van der Waals surface area contributed by atoms with Gasteiger partial charge in [-0.15, -0.1) is 0 Å². The SMILES string of the molecule is O=C1CCCC2=C1[C@H](c1ccc(Br)cc1)C=C1c3cc4c(cc3CCN12)OCCCO4. The summed E-state index contributed by atoms with van der Waals surface area (Å²) >= 11 is 3.54. The maximum atomic E-state index is 13.1. The van der Waals surface area contributed by atoms with Crippen LogP contribution in [0, 0.1) is 0 Å². The fraction of sp³-hybridized carbons (Fsp3) is 0.346. The molecule has 1 aliphatic carbocycles. The van der Waals surface area contributed by atoms with Crippen LogP contribution in [0.15, 0.2) is 58.2 Å². The van der Waals surface area contributed by atoms with Crippen LogP contribution in [0.4, 0.5) is 0 Å². The van der Waals surface area contributed by atoms with Crippen LogP contribution in [-0.2, 0) is 11.2 Å². The number of halogens is 1. The molecule has 1 atom stereocenters. The van der Waals surface area contributed by atoms with Gasteiger partial charge in [-0.25, -0.2) is 0 Å². The summed E-state index contributed by atoms with van der Waals surface area (Å²) in [5.41, 5.74) is 7.10. The number of nitrogens with zero attached hydrogens (tertiary/aromatic N) is 1. The summed E-state index contributed by atoms with van der Waals surface area (Å²) in [6.07, 6.45) is 6.69. The number of ketones is 1. The lowest BCUT2D eigenvalue weighted by atomic mass is 9.77. The Morgan fingerprint density at radius 1 is 0.935 bits per heavy atom. The Labute approximate surface area is 190 Å². The van der Waals surface area contributed by atoms with E-state index in [9.17, 15) is 4.79 Å². The second kappa shape index (κ2) is 7.56. The minimum Gasteiger partial charge on any atom is -0.490 e. The van der Waals surface area contributed by atoms with Gasteiger partial charge in [0.15, 0.2) is 17.3 Å². The van der Waals surface area contributed by atoms with Gasteiger partial charge in [-0.1, -0.05) is 28.1 Å². The molecule has 4 aliphatic rings. The second-order valence-electron chi connectivity index (χ2n) is 8.63. The fourth-order valence-corrected chi connectivity index (χ4v) is 5.57. The number of allylic oxidation sites excluding steroid dienone is 3. The molecular weight excluding hydrogens is 454 g/mol. The molecule has 31 heavy (non-hydrogen) atoms. The van der Waals surface area contributed by atoms with Gasteiger partial charge in [0, 0.05) is 52.3 Å². The normalized spacial score (nSPS) is 22.2. The minimum atomic E-state index is -0.0101. The van der Waals surface area contributed by atoms with Gasteiger partial charge in [0.25, 0.3) is 0 Å². The van der Waals surface area contributed by atoms with Gasteiger partial charge in [0.2, 0.25) is 0 Å². The highest BCUT2D eigenvalue weighted by Gasteiger charge is 2.38. The molecule has 0 N–H and O–H groups in total. The minimum absolute atomic E-state index is 0.0101. The molecular formula is C26H24BrNO3. The first-order valence-corrected chi connectivity index (χ1v) is 11.9. The predicted molar refractivity (Wildman–Crippen MR) is 123 cm³/mol. The van der Waals surface area contributed by atoms with Crippen molar-refractivity contribution in [2.24, 2.45) is 0 Å². The molecule has 2 aromatic carbocycles. The van der Waals surface area contributed by atoms with Crippen LogP contribution < -0.4 is 9.47 Å².